The summed E-state index contributed by atoms with van der Waals surface area (Å²) in [5.74, 6) is 0. The van der Waals surface area contributed by atoms with E-state index in [-0.39, 0.29) is 24.8 Å². The molecule has 6 heteroatoms. The Bertz CT molecular complexity index is 658. The molecule has 2 aromatic carbocycles. The maximum atomic E-state index is 6.34. The number of hydrogen-bond acceptors (Lipinski definition) is 3. The van der Waals surface area contributed by atoms with Crippen molar-refractivity contribution in [1.82, 2.24) is 9.80 Å². The van der Waals surface area contributed by atoms with Gasteiger partial charge in [0, 0.05) is 49.5 Å². The number of nitrogens with zero attached hydrogens (tertiary/aromatic N) is 2. The molecule has 0 amide bonds. The van der Waals surface area contributed by atoms with Gasteiger partial charge in [0.1, 0.15) is 0 Å². The van der Waals surface area contributed by atoms with Crippen LogP contribution in [0.2, 0.25) is 5.02 Å². The minimum absolute atomic E-state index is 0. The Labute approximate surface area is 168 Å². The van der Waals surface area contributed by atoms with E-state index in [2.05, 4.69) is 41.0 Å². The van der Waals surface area contributed by atoms with Crippen molar-refractivity contribution in [2.24, 2.45) is 0 Å². The Hall–Kier alpha value is -0.970. The van der Waals surface area contributed by atoms with Crippen LogP contribution in [-0.4, -0.2) is 36.0 Å². The summed E-state index contributed by atoms with van der Waals surface area (Å²) in [7, 11) is 0. The molecular weight excluding hydrogens is 377 g/mol. The highest BCUT2D eigenvalue weighted by atomic mass is 35.5. The first kappa shape index (κ1) is 22.1. The topological polar surface area (TPSA) is 32.5 Å². The SMILES string of the molecule is CC(c1ccccc1Cl)N1CCN(Cc2cccc(N)c2)CC1.Cl.Cl. The number of rotatable bonds is 4. The van der Waals surface area contributed by atoms with E-state index in [0.29, 0.717) is 6.04 Å². The second-order valence-corrected chi connectivity index (χ2v) is 6.66. The molecular formula is C19H26Cl3N3. The second kappa shape index (κ2) is 10.2. The molecule has 0 spiro atoms. The lowest BCUT2D eigenvalue weighted by molar-refractivity contribution is 0.0979. The van der Waals surface area contributed by atoms with Gasteiger partial charge in [-0.2, -0.15) is 0 Å². The van der Waals surface area contributed by atoms with Crippen molar-refractivity contribution in [3.8, 4) is 0 Å². The van der Waals surface area contributed by atoms with Crippen molar-refractivity contribution >= 4 is 42.1 Å². The molecule has 2 N–H and O–H groups in total. The van der Waals surface area contributed by atoms with Crippen LogP contribution < -0.4 is 5.73 Å². The Balaban J connectivity index is 0.00000156. The Morgan fingerprint density at radius 1 is 1.00 bits per heavy atom. The molecule has 138 valence electrons. The van der Waals surface area contributed by atoms with Crippen LogP contribution in [0.3, 0.4) is 0 Å². The molecule has 1 fully saturated rings. The van der Waals surface area contributed by atoms with Gasteiger partial charge in [0.2, 0.25) is 0 Å². The van der Waals surface area contributed by atoms with Crippen LogP contribution >= 0.6 is 36.4 Å². The van der Waals surface area contributed by atoms with Crippen molar-refractivity contribution in [3.05, 3.63) is 64.7 Å². The number of anilines is 1. The molecule has 1 aliphatic heterocycles. The van der Waals surface area contributed by atoms with Gasteiger partial charge < -0.3 is 5.73 Å². The summed E-state index contributed by atoms with van der Waals surface area (Å²) >= 11 is 6.34. The summed E-state index contributed by atoms with van der Waals surface area (Å²) in [5, 5.41) is 0.863. The van der Waals surface area contributed by atoms with E-state index in [1.165, 1.54) is 11.1 Å². The standard InChI is InChI=1S/C19H24ClN3.2ClH/c1-15(18-7-2-3-8-19(18)20)23-11-9-22(10-12-23)14-16-5-4-6-17(21)13-16;;/h2-8,13,15H,9-12,14,21H2,1H3;2*1H. The monoisotopic (exact) mass is 401 g/mol. The van der Waals surface area contributed by atoms with Gasteiger partial charge in [-0.1, -0.05) is 41.9 Å². The van der Waals surface area contributed by atoms with E-state index >= 15 is 0 Å². The van der Waals surface area contributed by atoms with Gasteiger partial charge in [0.15, 0.2) is 0 Å². The van der Waals surface area contributed by atoms with E-state index in [0.717, 1.165) is 43.4 Å². The summed E-state index contributed by atoms with van der Waals surface area (Å²) in [4.78, 5) is 5.00. The van der Waals surface area contributed by atoms with Gasteiger partial charge in [-0.25, -0.2) is 0 Å². The van der Waals surface area contributed by atoms with Crippen molar-refractivity contribution in [2.75, 3.05) is 31.9 Å². The molecule has 2 aromatic rings. The lowest BCUT2D eigenvalue weighted by atomic mass is 10.1. The summed E-state index contributed by atoms with van der Waals surface area (Å²) < 4.78 is 0. The van der Waals surface area contributed by atoms with Gasteiger partial charge in [0.05, 0.1) is 0 Å². The van der Waals surface area contributed by atoms with Crippen molar-refractivity contribution in [3.63, 3.8) is 0 Å². The van der Waals surface area contributed by atoms with Crippen LogP contribution in [0.25, 0.3) is 0 Å². The maximum Gasteiger partial charge on any atom is 0.0453 e. The molecule has 1 aliphatic rings. The number of benzene rings is 2. The van der Waals surface area contributed by atoms with Crippen LogP contribution in [0.4, 0.5) is 5.69 Å². The number of nitrogen functional groups attached to an aromatic ring is 1. The molecule has 1 saturated heterocycles. The second-order valence-electron chi connectivity index (χ2n) is 6.25. The third-order valence-corrected chi connectivity index (χ3v) is 5.01. The number of piperazine rings is 1. The van der Waals surface area contributed by atoms with Crippen LogP contribution in [0.15, 0.2) is 48.5 Å². The predicted octanol–water partition coefficient (Wildman–Crippen LogP) is 4.64. The zero-order chi connectivity index (χ0) is 16.2. The van der Waals surface area contributed by atoms with E-state index in [1.54, 1.807) is 0 Å². The molecule has 3 rings (SSSR count). The van der Waals surface area contributed by atoms with E-state index in [9.17, 15) is 0 Å². The minimum atomic E-state index is 0. The van der Waals surface area contributed by atoms with Gasteiger partial charge in [-0.05, 0) is 36.2 Å². The molecule has 1 heterocycles. The molecule has 0 aliphatic carbocycles. The fraction of sp³-hybridized carbons (Fsp3) is 0.368. The summed E-state index contributed by atoms with van der Waals surface area (Å²) in [6.45, 7) is 7.49. The molecule has 0 aromatic heterocycles. The largest absolute Gasteiger partial charge is 0.399 e. The van der Waals surface area contributed by atoms with Crippen LogP contribution in [0, 0.1) is 0 Å². The van der Waals surface area contributed by atoms with E-state index < -0.39 is 0 Å². The first-order valence-corrected chi connectivity index (χ1v) is 8.56. The number of hydrogen-bond donors (Lipinski definition) is 1. The maximum absolute atomic E-state index is 6.34. The Kier molecular flexibility index (Phi) is 9.04. The minimum Gasteiger partial charge on any atom is -0.399 e. The fourth-order valence-electron chi connectivity index (χ4n) is 3.27. The molecule has 0 radical (unpaired) electrons. The van der Waals surface area contributed by atoms with Crippen molar-refractivity contribution in [1.29, 1.82) is 0 Å². The van der Waals surface area contributed by atoms with Crippen molar-refractivity contribution < 1.29 is 0 Å². The summed E-state index contributed by atoms with van der Waals surface area (Å²) in [6.07, 6.45) is 0. The quantitative estimate of drug-likeness (QED) is 0.756. The molecule has 25 heavy (non-hydrogen) atoms. The average Bonchev–Trinajstić information content (AvgIpc) is 2.55. The average molecular weight is 403 g/mol. The Morgan fingerprint density at radius 2 is 1.68 bits per heavy atom. The highest BCUT2D eigenvalue weighted by molar-refractivity contribution is 6.31. The summed E-state index contributed by atoms with van der Waals surface area (Å²) in [6, 6.07) is 16.7. The van der Waals surface area contributed by atoms with Gasteiger partial charge in [0.25, 0.3) is 0 Å². The zero-order valence-corrected chi connectivity index (χ0v) is 16.8. The highest BCUT2D eigenvalue weighted by Gasteiger charge is 2.23. The molecule has 1 unspecified atom stereocenters. The number of nitrogens with two attached hydrogens (primary N) is 1. The van der Waals surface area contributed by atoms with Crippen molar-refractivity contribution in [2.45, 2.75) is 19.5 Å². The molecule has 1 atom stereocenters. The molecule has 3 nitrogen and oxygen atoms in total. The van der Waals surface area contributed by atoms with Crippen LogP contribution in [0.1, 0.15) is 24.1 Å². The first-order chi connectivity index (χ1) is 11.1. The van der Waals surface area contributed by atoms with E-state index in [4.69, 9.17) is 17.3 Å². The smallest absolute Gasteiger partial charge is 0.0453 e. The summed E-state index contributed by atoms with van der Waals surface area (Å²) in [5.41, 5.74) is 9.22. The molecule has 0 bridgehead atoms. The number of halogens is 3. The molecule has 0 saturated carbocycles. The van der Waals surface area contributed by atoms with Gasteiger partial charge in [-0.3, -0.25) is 9.80 Å². The van der Waals surface area contributed by atoms with Gasteiger partial charge >= 0.3 is 0 Å². The zero-order valence-electron chi connectivity index (χ0n) is 14.4. The normalized spacial score (nSPS) is 16.6. The highest BCUT2D eigenvalue weighted by Crippen LogP contribution is 2.28. The third-order valence-electron chi connectivity index (χ3n) is 4.67. The van der Waals surface area contributed by atoms with E-state index in [1.807, 2.05) is 24.3 Å². The van der Waals surface area contributed by atoms with Crippen LogP contribution in [-0.2, 0) is 6.54 Å². The van der Waals surface area contributed by atoms with Gasteiger partial charge in [-0.15, -0.1) is 24.8 Å². The third kappa shape index (κ3) is 5.77. The lowest BCUT2D eigenvalue weighted by Gasteiger charge is -2.38. The Morgan fingerprint density at radius 3 is 2.32 bits per heavy atom. The lowest BCUT2D eigenvalue weighted by Crippen LogP contribution is -2.46. The predicted molar refractivity (Wildman–Crippen MR) is 112 cm³/mol. The van der Waals surface area contributed by atoms with Crippen LogP contribution in [0.5, 0.6) is 0 Å². The fourth-order valence-corrected chi connectivity index (χ4v) is 3.56. The first-order valence-electron chi connectivity index (χ1n) is 8.19.